The molecule has 0 aliphatic carbocycles. The Kier molecular flexibility index (Phi) is 8.44. The van der Waals surface area contributed by atoms with Crippen LogP contribution in [0.2, 0.25) is 0 Å². The highest BCUT2D eigenvalue weighted by molar-refractivity contribution is 5.96. The van der Waals surface area contributed by atoms with Gasteiger partial charge in [-0.25, -0.2) is 4.79 Å². The molecule has 1 aliphatic heterocycles. The van der Waals surface area contributed by atoms with Crippen molar-refractivity contribution in [3.8, 4) is 16.9 Å². The van der Waals surface area contributed by atoms with Gasteiger partial charge in [0.05, 0.1) is 19.9 Å². The number of carbonyl (C=O) groups is 1. The maximum Gasteiger partial charge on any atom is 0.333 e. The van der Waals surface area contributed by atoms with Crippen LogP contribution in [0, 0.1) is 0 Å². The summed E-state index contributed by atoms with van der Waals surface area (Å²) in [7, 11) is 3.34. The van der Waals surface area contributed by atoms with E-state index < -0.39 is 0 Å². The Morgan fingerprint density at radius 3 is 2.61 bits per heavy atom. The maximum absolute atomic E-state index is 12.4. The van der Waals surface area contributed by atoms with Crippen LogP contribution < -0.4 is 9.64 Å². The topological polar surface area (TPSA) is 65.8 Å². The van der Waals surface area contributed by atoms with E-state index in [9.17, 15) is 4.79 Å². The molecule has 7 nitrogen and oxygen atoms in total. The highest BCUT2D eigenvalue weighted by Crippen LogP contribution is 2.34. The Morgan fingerprint density at radius 2 is 1.92 bits per heavy atom. The van der Waals surface area contributed by atoms with Crippen LogP contribution in [0.1, 0.15) is 44.2 Å². The van der Waals surface area contributed by atoms with E-state index in [-0.39, 0.29) is 12.3 Å². The fourth-order valence-electron chi connectivity index (χ4n) is 4.35. The molecule has 0 spiro atoms. The van der Waals surface area contributed by atoms with Gasteiger partial charge in [0.2, 0.25) is 0 Å². The molecule has 0 amide bonds. The second-order valence-electron chi connectivity index (χ2n) is 9.06. The predicted molar refractivity (Wildman–Crippen MR) is 142 cm³/mol. The third-order valence-electron chi connectivity index (χ3n) is 6.27. The predicted octanol–water partition coefficient (Wildman–Crippen LogP) is 5.60. The quantitative estimate of drug-likeness (QED) is 0.210. The van der Waals surface area contributed by atoms with Crippen LogP contribution in [0.4, 0.5) is 5.69 Å². The van der Waals surface area contributed by atoms with Gasteiger partial charge < -0.3 is 19.1 Å². The van der Waals surface area contributed by atoms with Gasteiger partial charge in [-0.05, 0) is 66.8 Å². The van der Waals surface area contributed by atoms with E-state index >= 15 is 0 Å². The third kappa shape index (κ3) is 6.34. The van der Waals surface area contributed by atoms with E-state index in [0.717, 1.165) is 46.5 Å². The van der Waals surface area contributed by atoms with Gasteiger partial charge >= 0.3 is 5.97 Å². The Labute approximate surface area is 213 Å². The largest absolute Gasteiger partial charge is 0.466 e. The average molecular weight is 490 g/mol. The number of anilines is 1. The molecule has 3 aromatic rings. The summed E-state index contributed by atoms with van der Waals surface area (Å²) in [5, 5.41) is 4.30. The van der Waals surface area contributed by atoms with Crippen molar-refractivity contribution < 1.29 is 19.0 Å². The first kappa shape index (κ1) is 25.5. The lowest BCUT2D eigenvalue weighted by Crippen LogP contribution is -2.24. The van der Waals surface area contributed by atoms with Crippen molar-refractivity contribution in [3.63, 3.8) is 0 Å². The molecular formula is C29H35N3O4. The van der Waals surface area contributed by atoms with Gasteiger partial charge in [0.25, 0.3) is 0 Å². The Hall–Kier alpha value is -3.58. The number of unbranched alkanes of at least 4 members (excludes halogenated alkanes) is 1. The van der Waals surface area contributed by atoms with Crippen molar-refractivity contribution >= 4 is 17.7 Å². The van der Waals surface area contributed by atoms with Gasteiger partial charge in [0, 0.05) is 43.2 Å². The fourth-order valence-corrected chi connectivity index (χ4v) is 4.35. The second-order valence-corrected chi connectivity index (χ2v) is 9.06. The Balaban J connectivity index is 1.57. The van der Waals surface area contributed by atoms with Gasteiger partial charge in [0.1, 0.15) is 5.75 Å². The van der Waals surface area contributed by atoms with E-state index in [4.69, 9.17) is 14.2 Å². The first-order valence-electron chi connectivity index (χ1n) is 12.5. The molecule has 36 heavy (non-hydrogen) atoms. The molecule has 7 heteroatoms. The smallest absolute Gasteiger partial charge is 0.333 e. The lowest BCUT2D eigenvalue weighted by Gasteiger charge is -2.25. The zero-order valence-corrected chi connectivity index (χ0v) is 21.6. The summed E-state index contributed by atoms with van der Waals surface area (Å²) in [5.41, 5.74) is 6.01. The van der Waals surface area contributed by atoms with Crippen LogP contribution in [0.25, 0.3) is 17.2 Å². The van der Waals surface area contributed by atoms with Crippen molar-refractivity contribution in [3.05, 3.63) is 71.6 Å². The molecule has 0 saturated carbocycles. The molecule has 0 radical (unpaired) electrons. The van der Waals surface area contributed by atoms with Crippen molar-refractivity contribution in [1.82, 2.24) is 9.78 Å². The lowest BCUT2D eigenvalue weighted by molar-refractivity contribution is -0.136. The van der Waals surface area contributed by atoms with Crippen LogP contribution >= 0.6 is 0 Å². The van der Waals surface area contributed by atoms with E-state index in [1.807, 2.05) is 56.7 Å². The Bertz CT molecular complexity index is 1200. The summed E-state index contributed by atoms with van der Waals surface area (Å²) in [5.74, 6) is 0.486. The summed E-state index contributed by atoms with van der Waals surface area (Å²) < 4.78 is 18.4. The van der Waals surface area contributed by atoms with Crippen molar-refractivity contribution in [2.24, 2.45) is 7.05 Å². The van der Waals surface area contributed by atoms with Gasteiger partial charge in [-0.3, -0.25) is 4.68 Å². The van der Waals surface area contributed by atoms with E-state index in [1.54, 1.807) is 4.68 Å². The number of nitrogens with zero attached hydrogens (tertiary/aromatic N) is 3. The van der Waals surface area contributed by atoms with Crippen LogP contribution in [-0.4, -0.2) is 42.3 Å². The molecule has 0 bridgehead atoms. The van der Waals surface area contributed by atoms with Gasteiger partial charge in [-0.2, -0.15) is 5.10 Å². The van der Waals surface area contributed by atoms with E-state index in [1.165, 1.54) is 7.11 Å². The average Bonchev–Trinajstić information content (AvgIpc) is 3.21. The summed E-state index contributed by atoms with van der Waals surface area (Å²) in [4.78, 5) is 14.7. The highest BCUT2D eigenvalue weighted by atomic mass is 16.7. The first-order valence-corrected chi connectivity index (χ1v) is 12.5. The number of hydrogen-bond donors (Lipinski definition) is 0. The molecular weight excluding hydrogens is 454 g/mol. The fraction of sp³-hybridized carbons (Fsp3) is 0.379. The van der Waals surface area contributed by atoms with Gasteiger partial charge in [-0.15, -0.1) is 0 Å². The number of aromatic nitrogens is 2. The Morgan fingerprint density at radius 1 is 1.14 bits per heavy atom. The molecule has 0 N–H and O–H groups in total. The molecule has 2 aromatic carbocycles. The number of aryl methyl sites for hydroxylation is 1. The highest BCUT2D eigenvalue weighted by Gasteiger charge is 2.21. The summed E-state index contributed by atoms with van der Waals surface area (Å²) in [6.45, 7) is 6.18. The zero-order chi connectivity index (χ0) is 25.5. The molecule has 1 unspecified atom stereocenters. The van der Waals surface area contributed by atoms with Crippen molar-refractivity contribution in [2.75, 3.05) is 25.2 Å². The molecule has 1 atom stereocenters. The zero-order valence-electron chi connectivity index (χ0n) is 21.6. The number of ether oxygens (including phenoxy) is 3. The van der Waals surface area contributed by atoms with Crippen molar-refractivity contribution in [2.45, 2.75) is 45.9 Å². The standard InChI is InChI=1S/C29H35N3O4/c1-5-6-15-35-21(2)36-27-10-7-23(8-11-27)24-9-12-28-26(16-24)17-25(29(33)34-4)13-14-32(28)20-22-18-30-31(3)19-22/h7-12,16-19,21H,5-6,13-15,20H2,1-4H3. The molecule has 0 saturated heterocycles. The minimum Gasteiger partial charge on any atom is -0.466 e. The normalized spacial score (nSPS) is 14.0. The van der Waals surface area contributed by atoms with E-state index in [0.29, 0.717) is 31.7 Å². The maximum atomic E-state index is 12.4. The third-order valence-corrected chi connectivity index (χ3v) is 6.27. The molecule has 0 fully saturated rings. The van der Waals surface area contributed by atoms with Gasteiger partial charge in [0.15, 0.2) is 6.29 Å². The summed E-state index contributed by atoms with van der Waals surface area (Å²) >= 11 is 0. The SMILES string of the molecule is CCCCOC(C)Oc1ccc(-c2ccc3c(c2)C=C(C(=O)OC)CCN3Cc2cnn(C)c2)cc1. The lowest BCUT2D eigenvalue weighted by atomic mass is 10.00. The number of benzene rings is 2. The number of methoxy groups -OCH3 is 1. The second kappa shape index (κ2) is 11.9. The number of hydrogen-bond acceptors (Lipinski definition) is 6. The van der Waals surface area contributed by atoms with E-state index in [2.05, 4.69) is 35.1 Å². The molecule has 190 valence electrons. The number of rotatable bonds is 10. The monoisotopic (exact) mass is 489 g/mol. The van der Waals surface area contributed by atoms with Crippen LogP contribution in [0.5, 0.6) is 5.75 Å². The summed E-state index contributed by atoms with van der Waals surface area (Å²) in [6, 6.07) is 14.4. The minimum absolute atomic E-state index is 0.286. The molecule has 4 rings (SSSR count). The number of esters is 1. The van der Waals surface area contributed by atoms with Crippen LogP contribution in [0.3, 0.4) is 0 Å². The minimum atomic E-state index is -0.289. The van der Waals surface area contributed by atoms with Crippen LogP contribution in [0.15, 0.2) is 60.4 Å². The molecule has 1 aromatic heterocycles. The number of carbonyl (C=O) groups excluding carboxylic acids is 1. The van der Waals surface area contributed by atoms with Crippen LogP contribution in [-0.2, 0) is 27.9 Å². The summed E-state index contributed by atoms with van der Waals surface area (Å²) in [6.07, 6.45) is 8.31. The van der Waals surface area contributed by atoms with Gasteiger partial charge in [-0.1, -0.05) is 31.5 Å². The van der Waals surface area contributed by atoms with Crippen molar-refractivity contribution in [1.29, 1.82) is 0 Å². The molecule has 1 aliphatic rings. The first-order chi connectivity index (χ1) is 17.5. The molecule has 2 heterocycles. The number of fused-ring (bicyclic) bond motifs is 1.